The van der Waals surface area contributed by atoms with E-state index in [1.165, 1.54) is 0 Å². The number of benzene rings is 1. The second-order valence-electron chi connectivity index (χ2n) is 6.09. The van der Waals surface area contributed by atoms with Crippen molar-refractivity contribution in [1.82, 2.24) is 4.98 Å². The molecule has 3 rings (SSSR count). The van der Waals surface area contributed by atoms with Gasteiger partial charge in [-0.15, -0.1) is 0 Å². The molecule has 2 atom stereocenters. The van der Waals surface area contributed by atoms with Crippen molar-refractivity contribution >= 4 is 23.2 Å². The minimum atomic E-state index is -0.0519. The van der Waals surface area contributed by atoms with Crippen molar-refractivity contribution in [1.29, 1.82) is 5.26 Å². The number of hydrogen-bond acceptors (Lipinski definition) is 3. The molecule has 2 heterocycles. The Balaban J connectivity index is 1.95. The number of anilines is 1. The number of nitrogens with zero attached hydrogens (tertiary/aromatic N) is 2. The molecule has 4 nitrogen and oxygen atoms in total. The van der Waals surface area contributed by atoms with Crippen molar-refractivity contribution in [2.24, 2.45) is 0 Å². The molecule has 0 amide bonds. The van der Waals surface area contributed by atoms with Crippen molar-refractivity contribution in [3.63, 3.8) is 0 Å². The summed E-state index contributed by atoms with van der Waals surface area (Å²) in [6.45, 7) is 6.18. The fourth-order valence-corrected chi connectivity index (χ4v) is 3.40. The normalized spacial score (nSPS) is 22.3. The second-order valence-corrected chi connectivity index (χ2v) is 6.09. The molecular formula is C16H18BN3O. The van der Waals surface area contributed by atoms with Crippen LogP contribution in [0.1, 0.15) is 13.8 Å². The molecule has 2 aromatic rings. The molecule has 1 aliphatic rings. The molecule has 2 unspecified atom stereocenters. The maximum atomic E-state index is 11.7. The highest BCUT2D eigenvalue weighted by atomic mass is 16.1. The maximum Gasteiger partial charge on any atom is 0.277 e. The largest absolute Gasteiger partial charge is 0.372 e. The first-order valence-corrected chi connectivity index (χ1v) is 7.36. The first-order valence-electron chi connectivity index (χ1n) is 7.36. The number of H-pyrrole nitrogens is 1. The zero-order valence-electron chi connectivity index (χ0n) is 12.3. The summed E-state index contributed by atoms with van der Waals surface area (Å²) in [5.41, 5.74) is 1.08. The molecule has 1 aliphatic heterocycles. The zero-order valence-corrected chi connectivity index (χ0v) is 12.3. The molecule has 5 heteroatoms. The van der Waals surface area contributed by atoms with Gasteiger partial charge in [0.1, 0.15) is 0 Å². The standard InChI is InChI=1S/C16H18BN3O/c1-11-8-20(9-12(2)17(11)10-18)14-3-4-15-13(7-14)5-6-19-16(15)21/h3-7,11-12H,8-9H2,1-2H3,(H,19,21). The highest BCUT2D eigenvalue weighted by Gasteiger charge is 2.35. The third-order valence-corrected chi connectivity index (χ3v) is 4.51. The summed E-state index contributed by atoms with van der Waals surface area (Å²) < 4.78 is 0. The van der Waals surface area contributed by atoms with Gasteiger partial charge in [0.05, 0.1) is 0 Å². The van der Waals surface area contributed by atoms with Crippen molar-refractivity contribution in [2.75, 3.05) is 18.0 Å². The predicted molar refractivity (Wildman–Crippen MR) is 87.0 cm³/mol. The van der Waals surface area contributed by atoms with E-state index < -0.39 is 0 Å². The lowest BCUT2D eigenvalue weighted by Gasteiger charge is -2.38. The smallest absolute Gasteiger partial charge is 0.277 e. The lowest BCUT2D eigenvalue weighted by molar-refractivity contribution is 0.679. The van der Waals surface area contributed by atoms with Gasteiger partial charge in [0.25, 0.3) is 12.3 Å². The third kappa shape index (κ3) is 2.42. The van der Waals surface area contributed by atoms with E-state index >= 15 is 0 Å². The Hall–Kier alpha value is -2.22. The minimum Gasteiger partial charge on any atom is -0.372 e. The summed E-state index contributed by atoms with van der Waals surface area (Å²) in [4.78, 5) is 16.8. The molecule has 21 heavy (non-hydrogen) atoms. The highest BCUT2D eigenvalue weighted by Crippen LogP contribution is 2.32. The van der Waals surface area contributed by atoms with E-state index in [9.17, 15) is 10.1 Å². The summed E-state index contributed by atoms with van der Waals surface area (Å²) in [5.74, 6) is 3.15. The molecule has 0 saturated carbocycles. The molecule has 1 N–H and O–H groups in total. The average Bonchev–Trinajstić information content (AvgIpc) is 2.47. The summed E-state index contributed by atoms with van der Waals surface area (Å²) in [7, 11) is 0. The molecule has 0 bridgehead atoms. The summed E-state index contributed by atoms with van der Waals surface area (Å²) in [6.07, 6.45) is 1.68. The number of nitriles is 1. The van der Waals surface area contributed by atoms with Crippen LogP contribution < -0.4 is 10.5 Å². The predicted octanol–water partition coefficient (Wildman–Crippen LogP) is 2.69. The van der Waals surface area contributed by atoms with Crippen molar-refractivity contribution in [3.8, 4) is 5.97 Å². The Bertz CT molecular complexity index is 752. The molecule has 1 aromatic heterocycles. The fourth-order valence-electron chi connectivity index (χ4n) is 3.40. The molecule has 0 aliphatic carbocycles. The van der Waals surface area contributed by atoms with E-state index in [1.807, 2.05) is 18.2 Å². The van der Waals surface area contributed by atoms with Gasteiger partial charge in [0, 0.05) is 36.3 Å². The number of pyridine rings is 1. The Morgan fingerprint density at radius 3 is 2.67 bits per heavy atom. The molecule has 0 radical (unpaired) electrons. The Kier molecular flexibility index (Phi) is 3.46. The van der Waals surface area contributed by atoms with Crippen LogP contribution in [0.2, 0.25) is 11.6 Å². The zero-order chi connectivity index (χ0) is 15.0. The van der Waals surface area contributed by atoms with E-state index in [0.717, 1.165) is 24.2 Å². The van der Waals surface area contributed by atoms with Gasteiger partial charge in [0.15, 0.2) is 0 Å². The lowest BCUT2D eigenvalue weighted by atomic mass is 9.34. The first kappa shape index (κ1) is 13.8. The van der Waals surface area contributed by atoms with Gasteiger partial charge in [-0.05, 0) is 41.3 Å². The van der Waals surface area contributed by atoms with E-state index in [1.54, 1.807) is 6.20 Å². The molecular weight excluding hydrogens is 261 g/mol. The van der Waals surface area contributed by atoms with E-state index in [4.69, 9.17) is 0 Å². The van der Waals surface area contributed by atoms with Gasteiger partial charge in [-0.2, -0.15) is 0 Å². The van der Waals surface area contributed by atoms with E-state index in [0.29, 0.717) is 17.0 Å². The Morgan fingerprint density at radius 1 is 1.29 bits per heavy atom. The van der Waals surface area contributed by atoms with Crippen LogP contribution in [0.15, 0.2) is 35.3 Å². The van der Waals surface area contributed by atoms with Crippen LogP contribution in [0.4, 0.5) is 5.69 Å². The summed E-state index contributed by atoms with van der Waals surface area (Å²) >= 11 is 0. The lowest BCUT2D eigenvalue weighted by Crippen LogP contribution is -2.44. The van der Waals surface area contributed by atoms with Crippen molar-refractivity contribution in [2.45, 2.75) is 25.5 Å². The van der Waals surface area contributed by atoms with Crippen LogP contribution >= 0.6 is 0 Å². The number of aromatic amines is 1. The van der Waals surface area contributed by atoms with Crippen molar-refractivity contribution < 1.29 is 0 Å². The van der Waals surface area contributed by atoms with Crippen LogP contribution in [0.25, 0.3) is 10.8 Å². The Labute approximate surface area is 124 Å². The van der Waals surface area contributed by atoms with Crippen LogP contribution in [0, 0.1) is 11.2 Å². The number of rotatable bonds is 1. The molecule has 0 spiro atoms. The van der Waals surface area contributed by atoms with Crippen LogP contribution in [0.5, 0.6) is 0 Å². The monoisotopic (exact) mass is 279 g/mol. The maximum absolute atomic E-state index is 11.7. The third-order valence-electron chi connectivity index (χ3n) is 4.51. The molecule has 1 saturated heterocycles. The Morgan fingerprint density at radius 2 is 2.00 bits per heavy atom. The second kappa shape index (κ2) is 5.29. The summed E-state index contributed by atoms with van der Waals surface area (Å²) in [6, 6.07) is 7.88. The van der Waals surface area contributed by atoms with Crippen LogP contribution in [0.3, 0.4) is 0 Å². The van der Waals surface area contributed by atoms with Gasteiger partial charge in [-0.1, -0.05) is 13.8 Å². The van der Waals surface area contributed by atoms with Crippen LogP contribution in [-0.4, -0.2) is 24.8 Å². The van der Waals surface area contributed by atoms with Gasteiger partial charge in [0.2, 0.25) is 0 Å². The SMILES string of the molecule is CC1CN(c2ccc3c(=O)[nH]ccc3c2)CC(C)B1C#N. The number of aromatic nitrogens is 1. The molecule has 1 aromatic carbocycles. The van der Waals surface area contributed by atoms with Gasteiger partial charge in [-0.3, -0.25) is 4.79 Å². The summed E-state index contributed by atoms with van der Waals surface area (Å²) in [5, 5.41) is 10.9. The first-order chi connectivity index (χ1) is 10.1. The fraction of sp³-hybridized carbons (Fsp3) is 0.375. The average molecular weight is 279 g/mol. The van der Waals surface area contributed by atoms with E-state index in [2.05, 4.69) is 35.8 Å². The number of hydrogen-bond donors (Lipinski definition) is 1. The van der Waals surface area contributed by atoms with Crippen molar-refractivity contribution in [3.05, 3.63) is 40.8 Å². The molecule has 106 valence electrons. The van der Waals surface area contributed by atoms with Gasteiger partial charge < -0.3 is 9.88 Å². The highest BCUT2D eigenvalue weighted by molar-refractivity contribution is 6.70. The molecule has 1 fully saturated rings. The quantitative estimate of drug-likeness (QED) is 0.816. The van der Waals surface area contributed by atoms with E-state index in [-0.39, 0.29) is 12.3 Å². The number of fused-ring (bicyclic) bond motifs is 1. The van der Waals surface area contributed by atoms with Crippen LogP contribution in [-0.2, 0) is 0 Å². The minimum absolute atomic E-state index is 0.0519. The van der Waals surface area contributed by atoms with Gasteiger partial charge >= 0.3 is 0 Å². The van der Waals surface area contributed by atoms with Gasteiger partial charge in [-0.25, -0.2) is 5.26 Å². The topological polar surface area (TPSA) is 59.9 Å². The number of nitrogens with one attached hydrogen (secondary N) is 1.